The molecule has 17 heavy (non-hydrogen) atoms. The lowest BCUT2D eigenvalue weighted by Crippen LogP contribution is -2.27. The van der Waals surface area contributed by atoms with Crippen LogP contribution in [0.1, 0.15) is 31.2 Å². The maximum atomic E-state index is 5.89. The Morgan fingerprint density at radius 2 is 1.88 bits per heavy atom. The van der Waals surface area contributed by atoms with Crippen molar-refractivity contribution in [3.05, 3.63) is 36.4 Å². The number of hydrogen-bond donors (Lipinski definition) is 0. The van der Waals surface area contributed by atoms with Crippen LogP contribution in [0.5, 0.6) is 5.75 Å². The lowest BCUT2D eigenvalue weighted by atomic mass is 10.1. The van der Waals surface area contributed by atoms with Gasteiger partial charge in [-0.3, -0.25) is 0 Å². The molecule has 1 unspecified atom stereocenters. The van der Waals surface area contributed by atoms with Gasteiger partial charge in [-0.1, -0.05) is 37.6 Å². The first-order chi connectivity index (χ1) is 8.33. The number of hydrogen-bond acceptors (Lipinski definition) is 2. The van der Waals surface area contributed by atoms with E-state index in [0.29, 0.717) is 5.92 Å². The fourth-order valence-corrected chi connectivity index (χ4v) is 2.38. The minimum Gasteiger partial charge on any atom is -0.465 e. The first-order valence-electron chi connectivity index (χ1n) is 6.25. The van der Waals surface area contributed by atoms with Crippen LogP contribution in [-0.4, -0.2) is 13.4 Å². The Labute approximate surface area is 103 Å². The van der Waals surface area contributed by atoms with E-state index in [9.17, 15) is 0 Å². The maximum absolute atomic E-state index is 5.89. The molecule has 2 heteroatoms. The summed E-state index contributed by atoms with van der Waals surface area (Å²) in [7, 11) is 1.72. The Kier molecular flexibility index (Phi) is 4.21. The average molecular weight is 232 g/mol. The molecule has 2 rings (SSSR count). The van der Waals surface area contributed by atoms with Crippen molar-refractivity contribution in [1.82, 2.24) is 0 Å². The summed E-state index contributed by atoms with van der Waals surface area (Å²) >= 11 is 0. The van der Waals surface area contributed by atoms with Crippen molar-refractivity contribution < 1.29 is 9.47 Å². The molecule has 0 bridgehead atoms. The average Bonchev–Trinajstić information content (AvgIpc) is 2.90. The van der Waals surface area contributed by atoms with Crippen molar-refractivity contribution in [2.24, 2.45) is 5.92 Å². The van der Waals surface area contributed by atoms with Gasteiger partial charge < -0.3 is 9.47 Å². The molecule has 1 saturated carbocycles. The minimum atomic E-state index is -0.105. The van der Waals surface area contributed by atoms with Crippen LogP contribution >= 0.6 is 0 Å². The number of rotatable bonds is 5. The molecular formula is C15H20O2. The molecule has 1 aliphatic rings. The van der Waals surface area contributed by atoms with Gasteiger partial charge in [0.25, 0.3) is 0 Å². The Morgan fingerprint density at radius 3 is 2.41 bits per heavy atom. The Balaban J connectivity index is 1.99. The van der Waals surface area contributed by atoms with Gasteiger partial charge in [-0.15, -0.1) is 0 Å². The van der Waals surface area contributed by atoms with E-state index in [1.807, 2.05) is 30.3 Å². The van der Waals surface area contributed by atoms with Gasteiger partial charge in [-0.2, -0.15) is 0 Å². The highest BCUT2D eigenvalue weighted by molar-refractivity contribution is 5.48. The molecule has 0 aromatic heterocycles. The zero-order valence-electron chi connectivity index (χ0n) is 10.4. The summed E-state index contributed by atoms with van der Waals surface area (Å²) in [5.74, 6) is 1.41. The van der Waals surface area contributed by atoms with E-state index in [-0.39, 0.29) is 6.29 Å². The van der Waals surface area contributed by atoms with Gasteiger partial charge in [-0.05, 0) is 30.5 Å². The zero-order chi connectivity index (χ0) is 12.1. The topological polar surface area (TPSA) is 18.5 Å². The van der Waals surface area contributed by atoms with Crippen molar-refractivity contribution in [2.45, 2.75) is 32.0 Å². The van der Waals surface area contributed by atoms with Gasteiger partial charge in [0.2, 0.25) is 6.29 Å². The number of methoxy groups -OCH3 is 1. The summed E-state index contributed by atoms with van der Waals surface area (Å²) < 4.78 is 11.3. The smallest absolute Gasteiger partial charge is 0.202 e. The second-order valence-corrected chi connectivity index (χ2v) is 4.54. The van der Waals surface area contributed by atoms with E-state index >= 15 is 0 Å². The zero-order valence-corrected chi connectivity index (χ0v) is 10.4. The molecule has 1 atom stereocenters. The van der Waals surface area contributed by atoms with Crippen molar-refractivity contribution in [3.8, 4) is 5.75 Å². The first-order valence-corrected chi connectivity index (χ1v) is 6.25. The Morgan fingerprint density at radius 1 is 1.24 bits per heavy atom. The Hall–Kier alpha value is -1.28. The summed E-state index contributed by atoms with van der Waals surface area (Å²) in [5.41, 5.74) is 1.10. The normalized spacial score (nSPS) is 17.9. The van der Waals surface area contributed by atoms with Crippen molar-refractivity contribution in [1.29, 1.82) is 0 Å². The molecule has 0 amide bonds. The van der Waals surface area contributed by atoms with E-state index in [1.165, 1.54) is 25.7 Å². The minimum absolute atomic E-state index is 0.105. The molecule has 2 nitrogen and oxygen atoms in total. The molecule has 1 aromatic carbocycles. The lowest BCUT2D eigenvalue weighted by molar-refractivity contribution is -0.0908. The van der Waals surface area contributed by atoms with Crippen molar-refractivity contribution >= 4 is 6.08 Å². The third kappa shape index (κ3) is 3.10. The summed E-state index contributed by atoms with van der Waals surface area (Å²) in [6, 6.07) is 7.95. The highest BCUT2D eigenvalue weighted by Gasteiger charge is 2.26. The van der Waals surface area contributed by atoms with E-state index in [1.54, 1.807) is 7.11 Å². The SMILES string of the molecule is C=Cc1ccc(OC(OC)C2CCCC2)cc1. The summed E-state index contributed by atoms with van der Waals surface area (Å²) in [6.07, 6.45) is 6.74. The second kappa shape index (κ2) is 5.87. The van der Waals surface area contributed by atoms with Crippen LogP contribution in [0.15, 0.2) is 30.8 Å². The standard InChI is InChI=1S/C15H20O2/c1-3-12-8-10-14(11-9-12)17-15(16-2)13-6-4-5-7-13/h3,8-11,13,15H,1,4-7H2,2H3. The predicted molar refractivity (Wildman–Crippen MR) is 69.9 cm³/mol. The molecule has 0 spiro atoms. The van der Waals surface area contributed by atoms with Gasteiger partial charge in [0.1, 0.15) is 5.75 Å². The van der Waals surface area contributed by atoms with Crippen LogP contribution in [0, 0.1) is 5.92 Å². The van der Waals surface area contributed by atoms with Gasteiger partial charge in [0.15, 0.2) is 0 Å². The predicted octanol–water partition coefficient (Wildman–Crippen LogP) is 3.87. The quantitative estimate of drug-likeness (QED) is 0.717. The Bertz CT molecular complexity index is 350. The van der Waals surface area contributed by atoms with Crippen LogP contribution in [0.3, 0.4) is 0 Å². The number of ether oxygens (including phenoxy) is 2. The third-order valence-corrected chi connectivity index (χ3v) is 3.39. The highest BCUT2D eigenvalue weighted by atomic mass is 16.7. The molecule has 1 aliphatic carbocycles. The van der Waals surface area contributed by atoms with Crippen molar-refractivity contribution in [2.75, 3.05) is 7.11 Å². The molecule has 0 radical (unpaired) electrons. The van der Waals surface area contributed by atoms with Crippen molar-refractivity contribution in [3.63, 3.8) is 0 Å². The molecule has 1 aromatic rings. The van der Waals surface area contributed by atoms with Crippen LogP contribution in [-0.2, 0) is 4.74 Å². The van der Waals surface area contributed by atoms with E-state index in [4.69, 9.17) is 9.47 Å². The number of benzene rings is 1. The summed E-state index contributed by atoms with van der Waals surface area (Å²) in [6.45, 7) is 3.74. The van der Waals surface area contributed by atoms with Crippen LogP contribution in [0.25, 0.3) is 6.08 Å². The fraction of sp³-hybridized carbons (Fsp3) is 0.467. The monoisotopic (exact) mass is 232 g/mol. The van der Waals surface area contributed by atoms with Crippen LogP contribution in [0.4, 0.5) is 0 Å². The molecule has 0 aliphatic heterocycles. The largest absolute Gasteiger partial charge is 0.465 e. The molecule has 1 fully saturated rings. The maximum Gasteiger partial charge on any atom is 0.202 e. The molecule has 0 N–H and O–H groups in total. The fourth-order valence-electron chi connectivity index (χ4n) is 2.38. The molecular weight excluding hydrogens is 212 g/mol. The lowest BCUT2D eigenvalue weighted by Gasteiger charge is -2.23. The van der Waals surface area contributed by atoms with Gasteiger partial charge >= 0.3 is 0 Å². The van der Waals surface area contributed by atoms with Crippen LogP contribution in [0.2, 0.25) is 0 Å². The molecule has 0 heterocycles. The molecule has 0 saturated heterocycles. The van der Waals surface area contributed by atoms with E-state index in [0.717, 1.165) is 11.3 Å². The van der Waals surface area contributed by atoms with E-state index in [2.05, 4.69) is 6.58 Å². The van der Waals surface area contributed by atoms with Gasteiger partial charge in [0, 0.05) is 13.0 Å². The van der Waals surface area contributed by atoms with Gasteiger partial charge in [-0.25, -0.2) is 0 Å². The van der Waals surface area contributed by atoms with Gasteiger partial charge in [0.05, 0.1) is 0 Å². The summed E-state index contributed by atoms with van der Waals surface area (Å²) in [5, 5.41) is 0. The van der Waals surface area contributed by atoms with Crippen LogP contribution < -0.4 is 4.74 Å². The summed E-state index contributed by atoms with van der Waals surface area (Å²) in [4.78, 5) is 0. The van der Waals surface area contributed by atoms with E-state index < -0.39 is 0 Å². The molecule has 92 valence electrons. The third-order valence-electron chi connectivity index (χ3n) is 3.39. The second-order valence-electron chi connectivity index (χ2n) is 4.54. The highest BCUT2D eigenvalue weighted by Crippen LogP contribution is 2.30. The first kappa shape index (κ1) is 12.2.